The molecule has 0 fully saturated rings. The summed E-state index contributed by atoms with van der Waals surface area (Å²) in [7, 11) is 64.0. The van der Waals surface area contributed by atoms with E-state index in [0.717, 1.165) is 49.6 Å². The van der Waals surface area contributed by atoms with Crippen LogP contribution in [0.1, 0.15) is 0 Å². The van der Waals surface area contributed by atoms with E-state index in [2.05, 4.69) is 224 Å². The highest BCUT2D eigenvalue weighted by Gasteiger charge is 2.31. The van der Waals surface area contributed by atoms with E-state index < -0.39 is 0 Å². The molecule has 7 aromatic carbocycles. The third kappa shape index (κ3) is 7.52. The van der Waals surface area contributed by atoms with Gasteiger partial charge < -0.3 is 8.98 Å². The van der Waals surface area contributed by atoms with Gasteiger partial charge in [-0.05, 0) is 27.4 Å². The summed E-state index contributed by atoms with van der Waals surface area (Å²) < 4.78 is 10.0. The summed E-state index contributed by atoms with van der Waals surface area (Å²) in [6.07, 6.45) is 0. The van der Waals surface area contributed by atoms with Gasteiger partial charge in [-0.1, -0.05) is 104 Å². The number of rotatable bonds is 5. The fourth-order valence-corrected chi connectivity index (χ4v) is 14.4. The minimum absolute atomic E-state index is 0.670. The number of fused-ring (bicyclic) bond motifs is 6. The molecule has 0 saturated carbocycles. The molecule has 78 heavy (non-hydrogen) atoms. The summed E-state index contributed by atoms with van der Waals surface area (Å²) in [4.78, 5) is 16.9. The quantitative estimate of drug-likeness (QED) is 0.161. The summed E-state index contributed by atoms with van der Waals surface area (Å²) in [6.45, 7) is 0. The molecule has 0 bridgehead atoms. The first-order valence-corrected chi connectivity index (χ1v) is 28.4. The maximum absolute atomic E-state index is 7.38. The van der Waals surface area contributed by atoms with Crippen molar-refractivity contribution in [3.63, 3.8) is 0 Å². The second kappa shape index (κ2) is 19.3. The number of furan rings is 1. The molecule has 5 nitrogen and oxygen atoms in total. The fraction of sp³-hybridized carbons (Fsp3) is 0. The van der Waals surface area contributed by atoms with Crippen molar-refractivity contribution in [3.8, 4) is 51.0 Å². The number of nitrogens with zero attached hydrogens (tertiary/aromatic N) is 4. The van der Waals surface area contributed by atoms with Crippen LogP contribution in [0, 0.1) is 0 Å². The topological polar surface area (TPSA) is 56.7 Å². The summed E-state index contributed by atoms with van der Waals surface area (Å²) in [5.41, 5.74) is 47.4. The van der Waals surface area contributed by atoms with E-state index in [4.69, 9.17) is 19.4 Å². The monoisotopic (exact) mass is 977 g/mol. The number of aromatic nitrogens is 4. The zero-order valence-corrected chi connectivity index (χ0v) is 52.7. The van der Waals surface area contributed by atoms with E-state index in [0.29, 0.717) is 17.5 Å². The Labute approximate surface area is 488 Å². The van der Waals surface area contributed by atoms with Crippen LogP contribution in [0.5, 0.6) is 0 Å². The van der Waals surface area contributed by atoms with Crippen molar-refractivity contribution in [2.45, 2.75) is 0 Å². The first kappa shape index (κ1) is 56.3. The van der Waals surface area contributed by atoms with Crippen LogP contribution in [-0.4, -0.2) is 239 Å². The molecule has 0 atom stereocenters. The fourth-order valence-electron chi connectivity index (χ4n) is 14.4. The molecule has 0 aliphatic heterocycles. The molecule has 0 aliphatic rings. The second-order valence-corrected chi connectivity index (χ2v) is 24.3. The second-order valence-electron chi connectivity index (χ2n) is 24.3. The lowest BCUT2D eigenvalue weighted by Gasteiger charge is -2.27. The van der Waals surface area contributed by atoms with Crippen molar-refractivity contribution < 1.29 is 4.42 Å². The highest BCUT2D eigenvalue weighted by molar-refractivity contribution is 6.75. The molecule has 0 amide bonds. The zero-order chi connectivity index (χ0) is 57.4. The van der Waals surface area contributed by atoms with Gasteiger partial charge in [-0.3, -0.25) is 0 Å². The lowest BCUT2D eigenvalue weighted by atomic mass is 9.56. The lowest BCUT2D eigenvalue weighted by molar-refractivity contribution is 0.674. The van der Waals surface area contributed by atoms with Gasteiger partial charge in [0.2, 0.25) is 0 Å². The van der Waals surface area contributed by atoms with E-state index in [1.165, 1.54) is 181 Å². The van der Waals surface area contributed by atoms with Crippen LogP contribution in [0.2, 0.25) is 0 Å². The standard InChI is InChI=1S/C45H56B28N4O/c46-10-1(2-12(48)24(60)30(66)25(61)13(2)49)11(47)18(54)7(17(10)53)43-74-44(8-20(56)28(64)31(67)29(65)21(8)57)76-45(75-43)9-19(55)16(52)5-6-22(58)40(36(72)37(73)42(6)78-41(5)23(9)59)77-38-3(14(50)26(62)32(68)34(38)70)4-15(51)27(63)33(69)35(71)39(4)77/h46-73H2. The maximum Gasteiger partial charge on any atom is 0.163 e. The van der Waals surface area contributed by atoms with Gasteiger partial charge in [0, 0.05) is 44.2 Å². The molecular formula is C45H56B28N4O. The van der Waals surface area contributed by atoms with Gasteiger partial charge in [0.05, 0.1) is 0 Å². The van der Waals surface area contributed by atoms with Gasteiger partial charge in [-0.2, -0.15) is 0 Å². The van der Waals surface area contributed by atoms with Crippen molar-refractivity contribution in [1.82, 2.24) is 19.5 Å². The number of benzene rings is 7. The Morgan fingerprint density at radius 2 is 0.449 bits per heavy atom. The molecule has 10 rings (SSSR count). The minimum atomic E-state index is 0.670. The number of hydrogen-bond acceptors (Lipinski definition) is 4. The average molecular weight is 972 g/mol. The van der Waals surface area contributed by atoms with Gasteiger partial charge in [-0.25, -0.2) is 15.0 Å². The molecule has 0 saturated heterocycles. The summed E-state index contributed by atoms with van der Waals surface area (Å²) in [6, 6.07) is 0. The number of hydrogen-bond donors (Lipinski definition) is 0. The molecule has 33 heteroatoms. The van der Waals surface area contributed by atoms with Crippen molar-refractivity contribution >= 4 is 416 Å². The van der Waals surface area contributed by atoms with E-state index in [1.807, 2.05) is 0 Å². The van der Waals surface area contributed by atoms with E-state index in [9.17, 15) is 0 Å². The third-order valence-corrected chi connectivity index (χ3v) is 21.3. The van der Waals surface area contributed by atoms with E-state index in [-0.39, 0.29) is 0 Å². The zero-order valence-electron chi connectivity index (χ0n) is 52.7. The molecule has 0 aliphatic carbocycles. The van der Waals surface area contributed by atoms with Crippen molar-refractivity contribution in [3.05, 3.63) is 0 Å². The molecule has 10 aromatic rings. The highest BCUT2D eigenvalue weighted by Crippen LogP contribution is 2.31. The molecule has 3 heterocycles. The minimum Gasteiger partial charge on any atom is -0.457 e. The van der Waals surface area contributed by atoms with Crippen LogP contribution in [0.3, 0.4) is 0 Å². The van der Waals surface area contributed by atoms with Crippen LogP contribution in [-0.2, 0) is 0 Å². The summed E-state index contributed by atoms with van der Waals surface area (Å²) in [5.74, 6) is 2.08. The van der Waals surface area contributed by atoms with Crippen molar-refractivity contribution in [1.29, 1.82) is 0 Å². The Bertz CT molecular complexity index is 4330. The smallest absolute Gasteiger partial charge is 0.163 e. The lowest BCUT2D eigenvalue weighted by Crippen LogP contribution is -2.57. The van der Waals surface area contributed by atoms with Gasteiger partial charge in [0.25, 0.3) is 0 Å². The van der Waals surface area contributed by atoms with Crippen molar-refractivity contribution in [2.24, 2.45) is 0 Å². The Balaban J connectivity index is 1.31. The van der Waals surface area contributed by atoms with Crippen LogP contribution in [0.15, 0.2) is 4.42 Å². The van der Waals surface area contributed by atoms with Gasteiger partial charge in [0.1, 0.15) is 231 Å². The molecule has 346 valence electrons. The molecule has 0 radical (unpaired) electrons. The Morgan fingerprint density at radius 1 is 0.205 bits per heavy atom. The van der Waals surface area contributed by atoms with E-state index >= 15 is 0 Å². The van der Waals surface area contributed by atoms with E-state index in [1.54, 1.807) is 0 Å². The molecule has 0 unspecified atom stereocenters. The Kier molecular flexibility index (Phi) is 13.9. The molecule has 0 N–H and O–H groups in total. The molecular weight excluding hydrogens is 915 g/mol. The van der Waals surface area contributed by atoms with Crippen LogP contribution in [0.25, 0.3) is 94.7 Å². The Morgan fingerprint density at radius 3 is 0.833 bits per heavy atom. The van der Waals surface area contributed by atoms with Crippen molar-refractivity contribution in [2.75, 3.05) is 0 Å². The van der Waals surface area contributed by atoms with Gasteiger partial charge in [-0.15, -0.1) is 43.7 Å². The average Bonchev–Trinajstić information content (AvgIpc) is 3.88. The Hall–Kier alpha value is -5.03. The SMILES string of the molecule is Bc1c(B)c(B)c(-c2nc(-c3c(B)c(B)c(-c4c(B)c(B)c(B)c(B)c4B)c(B)c3B)nc(-c3c(B)c(B)c4c(oc5c(B)c(B)c(-n6c7c(B)c(B)c(B)c(B)c7c7c(B)c(B)c(B)c(B)c76)c(B)c54)c3B)n2)c(B)c1B. The summed E-state index contributed by atoms with van der Waals surface area (Å²) in [5, 5.41) is 5.10. The molecule has 0 spiro atoms. The summed E-state index contributed by atoms with van der Waals surface area (Å²) >= 11 is 0. The largest absolute Gasteiger partial charge is 0.457 e. The normalized spacial score (nSPS) is 11.7. The predicted octanol–water partition coefficient (Wildman–Crippen LogP) is -37.2. The first-order chi connectivity index (χ1) is 36.4. The maximum atomic E-state index is 7.38. The van der Waals surface area contributed by atoms with Crippen LogP contribution < -0.4 is 153 Å². The first-order valence-electron chi connectivity index (χ1n) is 28.4. The predicted molar refractivity (Wildman–Crippen MR) is 432 cm³/mol. The third-order valence-electron chi connectivity index (χ3n) is 21.3. The molecule has 3 aromatic heterocycles. The van der Waals surface area contributed by atoms with Gasteiger partial charge in [0.15, 0.2) is 17.5 Å². The van der Waals surface area contributed by atoms with Crippen LogP contribution in [0.4, 0.5) is 0 Å². The highest BCUT2D eigenvalue weighted by atomic mass is 16.3. The van der Waals surface area contributed by atoms with Crippen LogP contribution >= 0.6 is 0 Å². The van der Waals surface area contributed by atoms with Gasteiger partial charge >= 0.3 is 0 Å².